The number of hydrazine groups is 1. The summed E-state index contributed by atoms with van der Waals surface area (Å²) in [6.45, 7) is 4.59. The maximum atomic E-state index is 12.0. The molecule has 1 aromatic carbocycles. The molecule has 1 heterocycles. The van der Waals surface area contributed by atoms with Crippen LogP contribution in [0.2, 0.25) is 0 Å². The minimum Gasteiger partial charge on any atom is -0.399 e. The molecule has 0 saturated carbocycles. The number of hydrogen-bond acceptors (Lipinski definition) is 6. The molecular weight excluding hydrogens is 298 g/mol. The molecule has 1 saturated heterocycles. The highest BCUT2D eigenvalue weighted by molar-refractivity contribution is 6.40. The third-order valence-electron chi connectivity index (χ3n) is 3.62. The van der Waals surface area contributed by atoms with Crippen LogP contribution in [0.1, 0.15) is 6.42 Å². The molecule has 0 spiro atoms. The lowest BCUT2D eigenvalue weighted by atomic mass is 10.2. The second kappa shape index (κ2) is 8.47. The van der Waals surface area contributed by atoms with Gasteiger partial charge in [0.1, 0.15) is 0 Å². The third kappa shape index (κ3) is 5.20. The number of nitrogen functional groups attached to an aromatic ring is 1. The van der Waals surface area contributed by atoms with Gasteiger partial charge in [-0.3, -0.25) is 14.5 Å². The van der Waals surface area contributed by atoms with Gasteiger partial charge >= 0.3 is 11.8 Å². The van der Waals surface area contributed by atoms with Crippen molar-refractivity contribution >= 4 is 23.2 Å². The number of nitrogens with one attached hydrogen (secondary N) is 1. The van der Waals surface area contributed by atoms with Gasteiger partial charge in [0.25, 0.3) is 0 Å². The lowest BCUT2D eigenvalue weighted by Crippen LogP contribution is -2.47. The Balaban J connectivity index is 1.71. The first-order valence-corrected chi connectivity index (χ1v) is 7.60. The summed E-state index contributed by atoms with van der Waals surface area (Å²) >= 11 is 0. The van der Waals surface area contributed by atoms with E-state index < -0.39 is 11.8 Å². The predicted octanol–water partition coefficient (Wildman–Crippen LogP) is -0.686. The van der Waals surface area contributed by atoms with E-state index in [0.717, 1.165) is 44.3 Å². The van der Waals surface area contributed by atoms with Gasteiger partial charge in [-0.15, -0.1) is 0 Å². The summed E-state index contributed by atoms with van der Waals surface area (Å²) < 4.78 is 5.27. The maximum absolute atomic E-state index is 12.0. The summed E-state index contributed by atoms with van der Waals surface area (Å²) in [5.74, 6) is 4.15. The van der Waals surface area contributed by atoms with E-state index in [1.54, 1.807) is 24.3 Å². The van der Waals surface area contributed by atoms with E-state index in [4.69, 9.17) is 16.3 Å². The van der Waals surface area contributed by atoms with Crippen LogP contribution in [0.15, 0.2) is 24.3 Å². The third-order valence-corrected chi connectivity index (χ3v) is 3.62. The highest BCUT2D eigenvalue weighted by atomic mass is 16.5. The van der Waals surface area contributed by atoms with Crippen LogP contribution in [-0.4, -0.2) is 56.1 Å². The van der Waals surface area contributed by atoms with Gasteiger partial charge in [-0.2, -0.15) is 0 Å². The minimum atomic E-state index is -0.804. The largest absolute Gasteiger partial charge is 0.399 e. The van der Waals surface area contributed by atoms with Gasteiger partial charge in [-0.1, -0.05) is 0 Å². The normalized spacial score (nSPS) is 15.2. The smallest absolute Gasteiger partial charge is 0.330 e. The van der Waals surface area contributed by atoms with Gasteiger partial charge in [-0.25, -0.2) is 10.9 Å². The lowest BCUT2D eigenvalue weighted by Gasteiger charge is -2.26. The van der Waals surface area contributed by atoms with Crippen molar-refractivity contribution in [3.8, 4) is 0 Å². The monoisotopic (exact) mass is 321 g/mol. The van der Waals surface area contributed by atoms with E-state index in [1.165, 1.54) is 0 Å². The summed E-state index contributed by atoms with van der Waals surface area (Å²) in [6.07, 6.45) is 0.769. The molecule has 1 aliphatic rings. The Hall–Kier alpha value is -2.16. The maximum Gasteiger partial charge on any atom is 0.330 e. The molecule has 0 atom stereocenters. The van der Waals surface area contributed by atoms with Gasteiger partial charge in [0.05, 0.1) is 18.9 Å². The number of carbonyl (C=O) groups excluding carboxylic acids is 2. The number of nitrogens with zero attached hydrogens (tertiary/aromatic N) is 2. The molecule has 1 fully saturated rings. The highest BCUT2D eigenvalue weighted by Crippen LogP contribution is 2.13. The van der Waals surface area contributed by atoms with Crippen LogP contribution in [0, 0.1) is 0 Å². The number of hydrogen-bond donors (Lipinski definition) is 3. The van der Waals surface area contributed by atoms with E-state index in [2.05, 4.69) is 10.2 Å². The van der Waals surface area contributed by atoms with Gasteiger partial charge in [0.15, 0.2) is 0 Å². The number of benzene rings is 1. The highest BCUT2D eigenvalue weighted by Gasteiger charge is 2.20. The van der Waals surface area contributed by atoms with E-state index in [-0.39, 0.29) is 0 Å². The summed E-state index contributed by atoms with van der Waals surface area (Å²) in [6, 6.07) is 6.39. The SMILES string of the molecule is Nc1ccc(N(N)C(=O)C(=O)NCCCN2CCOCC2)cc1. The van der Waals surface area contributed by atoms with Gasteiger partial charge < -0.3 is 15.8 Å². The standard InChI is InChI=1S/C15H23N5O3/c16-12-2-4-13(5-3-12)20(17)15(22)14(21)18-6-1-7-19-8-10-23-11-9-19/h2-5H,1,6-11,16-17H2,(H,18,21). The Morgan fingerprint density at radius 3 is 2.52 bits per heavy atom. The average molecular weight is 321 g/mol. The fraction of sp³-hybridized carbons (Fsp3) is 0.467. The molecule has 2 rings (SSSR count). The van der Waals surface area contributed by atoms with E-state index in [9.17, 15) is 9.59 Å². The molecule has 5 N–H and O–H groups in total. The molecule has 2 amide bonds. The molecule has 126 valence electrons. The summed E-state index contributed by atoms with van der Waals surface area (Å²) in [7, 11) is 0. The van der Waals surface area contributed by atoms with Crippen molar-refractivity contribution in [1.82, 2.24) is 10.2 Å². The summed E-state index contributed by atoms with van der Waals surface area (Å²) in [5.41, 5.74) is 6.54. The zero-order chi connectivity index (χ0) is 16.7. The zero-order valence-corrected chi connectivity index (χ0v) is 13.0. The van der Waals surface area contributed by atoms with Gasteiger partial charge in [0.2, 0.25) is 0 Å². The Morgan fingerprint density at radius 1 is 1.22 bits per heavy atom. The molecule has 23 heavy (non-hydrogen) atoms. The fourth-order valence-corrected chi connectivity index (χ4v) is 2.27. The van der Waals surface area contributed by atoms with Gasteiger partial charge in [0, 0.05) is 25.3 Å². The zero-order valence-electron chi connectivity index (χ0n) is 13.0. The quantitative estimate of drug-likeness (QED) is 0.165. The number of amides is 2. The van der Waals surface area contributed by atoms with Crippen LogP contribution in [0.25, 0.3) is 0 Å². The second-order valence-corrected chi connectivity index (χ2v) is 5.33. The van der Waals surface area contributed by atoms with Gasteiger partial charge in [-0.05, 0) is 37.2 Å². The second-order valence-electron chi connectivity index (χ2n) is 5.33. The first-order chi connectivity index (χ1) is 11.1. The van der Waals surface area contributed by atoms with Crippen LogP contribution in [0.5, 0.6) is 0 Å². The first-order valence-electron chi connectivity index (χ1n) is 7.60. The van der Waals surface area contributed by atoms with Crippen molar-refractivity contribution in [3.05, 3.63) is 24.3 Å². The Bertz CT molecular complexity index is 528. The number of carbonyl (C=O) groups is 2. The van der Waals surface area contributed by atoms with E-state index in [1.807, 2.05) is 0 Å². The molecule has 8 nitrogen and oxygen atoms in total. The van der Waals surface area contributed by atoms with Crippen molar-refractivity contribution in [2.24, 2.45) is 5.84 Å². The van der Waals surface area contributed by atoms with Crippen molar-refractivity contribution in [3.63, 3.8) is 0 Å². The molecule has 0 bridgehead atoms. The molecule has 0 radical (unpaired) electrons. The first kappa shape index (κ1) is 17.2. The van der Waals surface area contributed by atoms with Crippen LogP contribution < -0.4 is 21.9 Å². The molecule has 0 aliphatic carbocycles. The van der Waals surface area contributed by atoms with Crippen LogP contribution in [0.4, 0.5) is 11.4 Å². The molecule has 0 unspecified atom stereocenters. The average Bonchev–Trinajstić information content (AvgIpc) is 2.59. The molecule has 8 heteroatoms. The Morgan fingerprint density at radius 2 is 1.87 bits per heavy atom. The van der Waals surface area contributed by atoms with Crippen LogP contribution >= 0.6 is 0 Å². The molecule has 1 aliphatic heterocycles. The Labute approximate surface area is 135 Å². The Kier molecular flexibility index (Phi) is 6.33. The molecular formula is C15H23N5O3. The summed E-state index contributed by atoms with van der Waals surface area (Å²) in [4.78, 5) is 26.1. The summed E-state index contributed by atoms with van der Waals surface area (Å²) in [5, 5.41) is 3.41. The number of nitrogens with two attached hydrogens (primary N) is 2. The van der Waals surface area contributed by atoms with Crippen molar-refractivity contribution in [2.45, 2.75) is 6.42 Å². The topological polar surface area (TPSA) is 114 Å². The van der Waals surface area contributed by atoms with Crippen LogP contribution in [-0.2, 0) is 14.3 Å². The van der Waals surface area contributed by atoms with Crippen LogP contribution in [0.3, 0.4) is 0 Å². The number of morpholine rings is 1. The van der Waals surface area contributed by atoms with E-state index in [0.29, 0.717) is 17.9 Å². The predicted molar refractivity (Wildman–Crippen MR) is 87.4 cm³/mol. The lowest BCUT2D eigenvalue weighted by molar-refractivity contribution is -0.137. The fourth-order valence-electron chi connectivity index (χ4n) is 2.27. The van der Waals surface area contributed by atoms with Crippen molar-refractivity contribution < 1.29 is 14.3 Å². The number of rotatable bonds is 5. The minimum absolute atomic E-state index is 0.410. The van der Waals surface area contributed by atoms with Crippen molar-refractivity contribution in [2.75, 3.05) is 50.1 Å². The molecule has 0 aromatic heterocycles. The number of ether oxygens (including phenoxy) is 1. The number of anilines is 2. The van der Waals surface area contributed by atoms with Crippen molar-refractivity contribution in [1.29, 1.82) is 0 Å². The van der Waals surface area contributed by atoms with E-state index >= 15 is 0 Å². The molecule has 1 aromatic rings.